The summed E-state index contributed by atoms with van der Waals surface area (Å²) in [5, 5.41) is 4.88. The van der Waals surface area contributed by atoms with Gasteiger partial charge in [0.2, 0.25) is 5.91 Å². The van der Waals surface area contributed by atoms with Gasteiger partial charge < -0.3 is 15.6 Å². The van der Waals surface area contributed by atoms with Crippen LogP contribution < -0.4 is 11.1 Å². The van der Waals surface area contributed by atoms with Crippen molar-refractivity contribution in [2.75, 3.05) is 5.32 Å². The summed E-state index contributed by atoms with van der Waals surface area (Å²) in [6.45, 7) is 4.10. The Hall–Kier alpha value is -2.60. The zero-order valence-electron chi connectivity index (χ0n) is 12.9. The maximum absolute atomic E-state index is 12.6. The summed E-state index contributed by atoms with van der Waals surface area (Å²) in [5.74, 6) is -0.661. The van der Waals surface area contributed by atoms with Crippen LogP contribution in [0.2, 0.25) is 0 Å². The van der Waals surface area contributed by atoms with Crippen LogP contribution in [0, 0.1) is 0 Å². The fraction of sp³-hybridized carbons (Fsp3) is 0.176. The van der Waals surface area contributed by atoms with Crippen LogP contribution in [0.1, 0.15) is 40.7 Å². The van der Waals surface area contributed by atoms with Crippen LogP contribution in [0.25, 0.3) is 10.2 Å². The van der Waals surface area contributed by atoms with Crippen LogP contribution in [-0.2, 0) is 0 Å². The van der Waals surface area contributed by atoms with Crippen LogP contribution >= 0.6 is 11.3 Å². The van der Waals surface area contributed by atoms with Crippen molar-refractivity contribution in [3.8, 4) is 0 Å². The molecule has 0 saturated heterocycles. The molecule has 0 aliphatic heterocycles. The second kappa shape index (κ2) is 5.89. The Balaban J connectivity index is 1.90. The number of carbonyl (C=O) groups excluding carboxylic acids is 2. The zero-order chi connectivity index (χ0) is 16.6. The Labute approximate surface area is 137 Å². The highest BCUT2D eigenvalue weighted by atomic mass is 32.1. The molecule has 0 unspecified atom stereocenters. The summed E-state index contributed by atoms with van der Waals surface area (Å²) in [5.41, 5.74) is 7.94. The molecule has 0 aliphatic rings. The predicted octanol–water partition coefficient (Wildman–Crippen LogP) is 3.63. The summed E-state index contributed by atoms with van der Waals surface area (Å²) in [7, 11) is 0. The van der Waals surface area contributed by atoms with E-state index in [-0.39, 0.29) is 11.9 Å². The molecule has 0 atom stereocenters. The number of nitrogens with two attached hydrogens (primary N) is 1. The minimum atomic E-state index is -0.489. The van der Waals surface area contributed by atoms with E-state index in [9.17, 15) is 9.59 Å². The first-order valence-corrected chi connectivity index (χ1v) is 8.15. The number of hydrogen-bond donors (Lipinski definition) is 2. The molecule has 2 amide bonds. The van der Waals surface area contributed by atoms with Crippen molar-refractivity contribution in [3.05, 3.63) is 53.0 Å². The van der Waals surface area contributed by atoms with E-state index in [1.807, 2.05) is 22.1 Å². The molecule has 3 rings (SSSR count). The van der Waals surface area contributed by atoms with Crippen LogP contribution in [0.5, 0.6) is 0 Å². The number of rotatable bonds is 4. The summed E-state index contributed by atoms with van der Waals surface area (Å²) in [6.07, 6.45) is 0. The van der Waals surface area contributed by atoms with E-state index in [0.29, 0.717) is 16.9 Å². The van der Waals surface area contributed by atoms with E-state index in [1.165, 1.54) is 0 Å². The van der Waals surface area contributed by atoms with Gasteiger partial charge in [0, 0.05) is 17.3 Å². The lowest BCUT2D eigenvalue weighted by atomic mass is 10.2. The number of hydrogen-bond acceptors (Lipinski definition) is 3. The molecule has 0 aliphatic carbocycles. The van der Waals surface area contributed by atoms with Crippen LogP contribution in [0.15, 0.2) is 41.8 Å². The molecule has 1 aromatic carbocycles. The number of anilines is 1. The topological polar surface area (TPSA) is 77.1 Å². The van der Waals surface area contributed by atoms with Crippen molar-refractivity contribution in [1.82, 2.24) is 4.57 Å². The minimum absolute atomic E-state index is 0.172. The smallest absolute Gasteiger partial charge is 0.272 e. The molecule has 23 heavy (non-hydrogen) atoms. The molecule has 6 heteroatoms. The fourth-order valence-electron chi connectivity index (χ4n) is 2.59. The fourth-order valence-corrected chi connectivity index (χ4v) is 3.40. The van der Waals surface area contributed by atoms with Gasteiger partial charge in [-0.2, -0.15) is 0 Å². The van der Waals surface area contributed by atoms with E-state index in [4.69, 9.17) is 5.73 Å². The van der Waals surface area contributed by atoms with E-state index in [0.717, 1.165) is 10.2 Å². The van der Waals surface area contributed by atoms with Gasteiger partial charge in [-0.05, 0) is 55.6 Å². The first-order chi connectivity index (χ1) is 11.0. The van der Waals surface area contributed by atoms with E-state index < -0.39 is 5.91 Å². The van der Waals surface area contributed by atoms with Crippen molar-refractivity contribution < 1.29 is 9.59 Å². The van der Waals surface area contributed by atoms with Gasteiger partial charge >= 0.3 is 0 Å². The molecule has 2 aromatic heterocycles. The first kappa shape index (κ1) is 15.3. The van der Waals surface area contributed by atoms with Gasteiger partial charge in [-0.3, -0.25) is 9.59 Å². The number of carbonyl (C=O) groups is 2. The van der Waals surface area contributed by atoms with Gasteiger partial charge in [-0.25, -0.2) is 0 Å². The SMILES string of the molecule is CC(C)n1c(C(=O)Nc2ccc(C(N)=O)cc2)cc2sccc21. The number of nitrogens with one attached hydrogen (secondary N) is 1. The monoisotopic (exact) mass is 327 g/mol. The van der Waals surface area contributed by atoms with Crippen LogP contribution in [-0.4, -0.2) is 16.4 Å². The van der Waals surface area contributed by atoms with Gasteiger partial charge in [-0.15, -0.1) is 11.3 Å². The highest BCUT2D eigenvalue weighted by Crippen LogP contribution is 2.28. The Morgan fingerprint density at radius 1 is 1.17 bits per heavy atom. The molecular formula is C17H17N3O2S. The maximum atomic E-state index is 12.6. The van der Waals surface area contributed by atoms with Gasteiger partial charge in [0.1, 0.15) is 5.69 Å². The molecule has 0 radical (unpaired) electrons. The Morgan fingerprint density at radius 2 is 1.87 bits per heavy atom. The Bertz CT molecular complexity index is 875. The van der Waals surface area contributed by atoms with E-state index >= 15 is 0 Å². The number of nitrogens with zero attached hydrogens (tertiary/aromatic N) is 1. The van der Waals surface area contributed by atoms with Crippen molar-refractivity contribution in [2.24, 2.45) is 5.73 Å². The van der Waals surface area contributed by atoms with Crippen LogP contribution in [0.3, 0.4) is 0 Å². The Morgan fingerprint density at radius 3 is 2.48 bits per heavy atom. The van der Waals surface area contributed by atoms with Crippen molar-refractivity contribution in [3.63, 3.8) is 0 Å². The normalized spacial score (nSPS) is 11.1. The summed E-state index contributed by atoms with van der Waals surface area (Å²) < 4.78 is 3.12. The molecule has 0 spiro atoms. The van der Waals surface area contributed by atoms with Gasteiger partial charge in [0.15, 0.2) is 0 Å². The largest absolute Gasteiger partial charge is 0.366 e. The number of aromatic nitrogens is 1. The number of amides is 2. The number of fused-ring (bicyclic) bond motifs is 1. The highest BCUT2D eigenvalue weighted by molar-refractivity contribution is 7.17. The molecule has 3 aromatic rings. The van der Waals surface area contributed by atoms with Crippen LogP contribution in [0.4, 0.5) is 5.69 Å². The second-order valence-corrected chi connectivity index (χ2v) is 6.51. The van der Waals surface area contributed by atoms with Gasteiger partial charge in [0.25, 0.3) is 5.91 Å². The Kier molecular flexibility index (Phi) is 3.92. The summed E-state index contributed by atoms with van der Waals surface area (Å²) >= 11 is 1.62. The molecule has 118 valence electrons. The molecular weight excluding hydrogens is 310 g/mol. The maximum Gasteiger partial charge on any atom is 0.272 e. The third-order valence-electron chi connectivity index (χ3n) is 3.64. The third kappa shape index (κ3) is 2.85. The lowest BCUT2D eigenvalue weighted by Crippen LogP contribution is -2.18. The highest BCUT2D eigenvalue weighted by Gasteiger charge is 2.18. The van der Waals surface area contributed by atoms with Gasteiger partial charge in [-0.1, -0.05) is 0 Å². The number of primary amides is 1. The molecule has 3 N–H and O–H groups in total. The van der Waals surface area contributed by atoms with Crippen molar-refractivity contribution >= 4 is 39.1 Å². The standard InChI is InChI=1S/C17H17N3O2S/c1-10(2)20-13-7-8-23-15(13)9-14(20)17(22)19-12-5-3-11(4-6-12)16(18)21/h3-10H,1-2H3,(H2,18,21)(H,19,22). The van der Waals surface area contributed by atoms with E-state index in [2.05, 4.69) is 19.2 Å². The zero-order valence-corrected chi connectivity index (χ0v) is 13.7. The lowest BCUT2D eigenvalue weighted by Gasteiger charge is -2.14. The number of thiophene rings is 1. The quantitative estimate of drug-likeness (QED) is 0.767. The molecule has 0 fully saturated rings. The molecule has 5 nitrogen and oxygen atoms in total. The average molecular weight is 327 g/mol. The molecule has 0 saturated carbocycles. The summed E-state index contributed by atoms with van der Waals surface area (Å²) in [4.78, 5) is 23.7. The lowest BCUT2D eigenvalue weighted by molar-refractivity contribution is 0.0997. The summed E-state index contributed by atoms with van der Waals surface area (Å²) in [6, 6.07) is 10.6. The third-order valence-corrected chi connectivity index (χ3v) is 4.49. The second-order valence-electron chi connectivity index (χ2n) is 5.56. The minimum Gasteiger partial charge on any atom is -0.366 e. The molecule has 2 heterocycles. The average Bonchev–Trinajstić information content (AvgIpc) is 3.07. The molecule has 0 bridgehead atoms. The van der Waals surface area contributed by atoms with Gasteiger partial charge in [0.05, 0.1) is 10.2 Å². The van der Waals surface area contributed by atoms with Crippen molar-refractivity contribution in [2.45, 2.75) is 19.9 Å². The number of benzene rings is 1. The first-order valence-electron chi connectivity index (χ1n) is 7.27. The van der Waals surface area contributed by atoms with Crippen molar-refractivity contribution in [1.29, 1.82) is 0 Å². The predicted molar refractivity (Wildman–Crippen MR) is 93.1 cm³/mol. The van der Waals surface area contributed by atoms with E-state index in [1.54, 1.807) is 35.6 Å².